The van der Waals surface area contributed by atoms with Crippen molar-refractivity contribution < 1.29 is 9.53 Å². The van der Waals surface area contributed by atoms with Crippen molar-refractivity contribution >= 4 is 17.4 Å². The lowest BCUT2D eigenvalue weighted by molar-refractivity contribution is -0.134. The molecule has 0 aromatic carbocycles. The molecule has 0 bridgehead atoms. The van der Waals surface area contributed by atoms with Gasteiger partial charge in [-0.25, -0.2) is 0 Å². The van der Waals surface area contributed by atoms with E-state index >= 15 is 0 Å². The van der Waals surface area contributed by atoms with Crippen LogP contribution in [0.25, 0.3) is 0 Å². The van der Waals surface area contributed by atoms with Crippen LogP contribution in [0.15, 0.2) is 0 Å². The molecule has 0 heterocycles. The number of carbonyl (C=O) groups excluding carboxylic acids is 1. The minimum Gasteiger partial charge on any atom is -0.371 e. The van der Waals surface area contributed by atoms with Crippen molar-refractivity contribution in [2.24, 2.45) is 0 Å². The van der Waals surface area contributed by atoms with E-state index in [-0.39, 0.29) is 11.7 Å². The Balaban J connectivity index is 3.97. The van der Waals surface area contributed by atoms with Gasteiger partial charge in [-0.15, -0.1) is 11.6 Å². The highest BCUT2D eigenvalue weighted by Crippen LogP contribution is 2.08. The largest absolute Gasteiger partial charge is 0.371 e. The first-order valence-corrected chi connectivity index (χ1v) is 3.22. The predicted octanol–water partition coefficient (Wildman–Crippen LogP) is 1.22. The maximum absolute atomic E-state index is 10.8. The molecule has 0 amide bonds. The van der Waals surface area contributed by atoms with E-state index in [0.717, 1.165) is 0 Å². The van der Waals surface area contributed by atoms with Crippen LogP contribution in [0.5, 0.6) is 0 Å². The number of Topliss-reactive ketones (excluding diaryl/α,β-unsaturated/α-hetero) is 1. The summed E-state index contributed by atoms with van der Waals surface area (Å²) in [6.07, 6.45) is 0. The predicted molar refractivity (Wildman–Crippen MR) is 36.8 cm³/mol. The third-order valence-corrected chi connectivity index (χ3v) is 1.55. The second kappa shape index (κ2) is 3.18. The number of hydrogen-bond acceptors (Lipinski definition) is 2. The average Bonchev–Trinajstić information content (AvgIpc) is 1.86. The molecular weight excluding hydrogens is 140 g/mol. The normalized spacial score (nSPS) is 11.6. The topological polar surface area (TPSA) is 26.3 Å². The number of methoxy groups -OCH3 is 1. The summed E-state index contributed by atoms with van der Waals surface area (Å²) in [5, 5.41) is 0. The van der Waals surface area contributed by atoms with Crippen LogP contribution in [0.2, 0.25) is 0 Å². The fraction of sp³-hybridized carbons (Fsp3) is 0.833. The molecule has 0 rings (SSSR count). The average molecular weight is 151 g/mol. The van der Waals surface area contributed by atoms with Gasteiger partial charge in [0.2, 0.25) is 0 Å². The van der Waals surface area contributed by atoms with Crippen molar-refractivity contribution in [2.45, 2.75) is 19.4 Å². The van der Waals surface area contributed by atoms with Gasteiger partial charge in [0.15, 0.2) is 5.78 Å². The zero-order valence-electron chi connectivity index (χ0n) is 5.90. The van der Waals surface area contributed by atoms with E-state index in [4.69, 9.17) is 16.3 Å². The van der Waals surface area contributed by atoms with Crippen LogP contribution in [0.3, 0.4) is 0 Å². The zero-order chi connectivity index (χ0) is 7.49. The molecule has 0 atom stereocenters. The van der Waals surface area contributed by atoms with E-state index in [1.165, 1.54) is 7.11 Å². The molecule has 9 heavy (non-hydrogen) atoms. The van der Waals surface area contributed by atoms with Gasteiger partial charge >= 0.3 is 0 Å². The zero-order valence-corrected chi connectivity index (χ0v) is 6.66. The van der Waals surface area contributed by atoms with Gasteiger partial charge < -0.3 is 4.74 Å². The fourth-order valence-corrected chi connectivity index (χ4v) is 0.597. The second-order valence-corrected chi connectivity index (χ2v) is 2.54. The summed E-state index contributed by atoms with van der Waals surface area (Å²) in [5.41, 5.74) is -0.720. The third kappa shape index (κ3) is 2.33. The first kappa shape index (κ1) is 8.92. The molecule has 0 saturated heterocycles. The Labute approximate surface area is 60.1 Å². The lowest BCUT2D eigenvalue weighted by atomic mass is 10.1. The Morgan fingerprint density at radius 3 is 2.22 bits per heavy atom. The molecule has 2 nitrogen and oxygen atoms in total. The first-order valence-electron chi connectivity index (χ1n) is 2.69. The van der Waals surface area contributed by atoms with Gasteiger partial charge in [-0.1, -0.05) is 0 Å². The molecule has 0 aromatic heterocycles. The van der Waals surface area contributed by atoms with Crippen LogP contribution in [0.4, 0.5) is 0 Å². The van der Waals surface area contributed by atoms with Gasteiger partial charge in [0.05, 0.1) is 5.88 Å². The molecule has 0 saturated carbocycles. The van der Waals surface area contributed by atoms with E-state index in [1.807, 2.05) is 0 Å². The van der Waals surface area contributed by atoms with Gasteiger partial charge in [-0.3, -0.25) is 4.79 Å². The smallest absolute Gasteiger partial charge is 0.178 e. The van der Waals surface area contributed by atoms with E-state index in [1.54, 1.807) is 13.8 Å². The Bertz CT molecular complexity index is 110. The van der Waals surface area contributed by atoms with Crippen LogP contribution >= 0.6 is 11.6 Å². The summed E-state index contributed by atoms with van der Waals surface area (Å²) in [4.78, 5) is 10.8. The molecular formula is C6H11ClO2. The molecule has 0 aliphatic heterocycles. The maximum atomic E-state index is 10.8. The SMILES string of the molecule is COC(C)(C)C(=O)CCl. The van der Waals surface area contributed by atoms with Crippen molar-refractivity contribution in [1.82, 2.24) is 0 Å². The number of ether oxygens (including phenoxy) is 1. The Hall–Kier alpha value is -0.0800. The lowest BCUT2D eigenvalue weighted by Crippen LogP contribution is -2.34. The third-order valence-electron chi connectivity index (χ3n) is 1.30. The van der Waals surface area contributed by atoms with Gasteiger partial charge in [0, 0.05) is 7.11 Å². The van der Waals surface area contributed by atoms with Crippen LogP contribution < -0.4 is 0 Å². The standard InChI is InChI=1S/C6H11ClO2/c1-6(2,9-3)5(8)4-7/h4H2,1-3H3. The summed E-state index contributed by atoms with van der Waals surface area (Å²) >= 11 is 5.29. The quantitative estimate of drug-likeness (QED) is 0.566. The molecule has 0 aromatic rings. The molecule has 3 heteroatoms. The summed E-state index contributed by atoms with van der Waals surface area (Å²) in [6.45, 7) is 3.38. The van der Waals surface area contributed by atoms with Crippen molar-refractivity contribution in [3.63, 3.8) is 0 Å². The lowest BCUT2D eigenvalue weighted by Gasteiger charge is -2.19. The maximum Gasteiger partial charge on any atom is 0.178 e. The molecule has 0 N–H and O–H groups in total. The molecule has 0 unspecified atom stereocenters. The minimum absolute atomic E-state index is 0.0147. The number of hydrogen-bond donors (Lipinski definition) is 0. The van der Waals surface area contributed by atoms with Crippen molar-refractivity contribution in [3.05, 3.63) is 0 Å². The van der Waals surface area contributed by atoms with Gasteiger partial charge in [-0.05, 0) is 13.8 Å². The summed E-state index contributed by atoms with van der Waals surface area (Å²) in [5.74, 6) is -0.0763. The van der Waals surface area contributed by atoms with Gasteiger partial charge in [-0.2, -0.15) is 0 Å². The Kier molecular flexibility index (Phi) is 3.15. The Morgan fingerprint density at radius 2 is 2.11 bits per heavy atom. The fourth-order valence-electron chi connectivity index (χ4n) is 0.275. The summed E-state index contributed by atoms with van der Waals surface area (Å²) in [7, 11) is 1.49. The second-order valence-electron chi connectivity index (χ2n) is 2.27. The van der Waals surface area contributed by atoms with Crippen molar-refractivity contribution in [3.8, 4) is 0 Å². The minimum atomic E-state index is -0.720. The number of rotatable bonds is 3. The van der Waals surface area contributed by atoms with Crippen molar-refractivity contribution in [1.29, 1.82) is 0 Å². The van der Waals surface area contributed by atoms with Crippen LogP contribution in [-0.4, -0.2) is 24.4 Å². The monoisotopic (exact) mass is 150 g/mol. The van der Waals surface area contributed by atoms with Crippen molar-refractivity contribution in [2.75, 3.05) is 13.0 Å². The van der Waals surface area contributed by atoms with Crippen LogP contribution in [0, 0.1) is 0 Å². The van der Waals surface area contributed by atoms with Crippen LogP contribution in [0.1, 0.15) is 13.8 Å². The number of halogens is 1. The highest BCUT2D eigenvalue weighted by atomic mass is 35.5. The highest BCUT2D eigenvalue weighted by molar-refractivity contribution is 6.28. The molecule has 0 fully saturated rings. The van der Waals surface area contributed by atoms with Gasteiger partial charge in [0.1, 0.15) is 5.60 Å². The van der Waals surface area contributed by atoms with E-state index in [0.29, 0.717) is 0 Å². The molecule has 0 radical (unpaired) electrons. The molecule has 0 aliphatic carbocycles. The van der Waals surface area contributed by atoms with E-state index in [2.05, 4.69) is 0 Å². The number of ketones is 1. The van der Waals surface area contributed by atoms with Gasteiger partial charge in [0.25, 0.3) is 0 Å². The summed E-state index contributed by atoms with van der Waals surface area (Å²) in [6, 6.07) is 0. The summed E-state index contributed by atoms with van der Waals surface area (Å²) < 4.78 is 4.86. The molecule has 0 spiro atoms. The first-order chi connectivity index (χ1) is 4.04. The Morgan fingerprint density at radius 1 is 1.67 bits per heavy atom. The highest BCUT2D eigenvalue weighted by Gasteiger charge is 2.25. The number of alkyl halides is 1. The number of carbonyl (C=O) groups is 1. The van der Waals surface area contributed by atoms with Crippen LogP contribution in [-0.2, 0) is 9.53 Å². The molecule has 0 aliphatic rings. The molecule has 54 valence electrons. The van der Waals surface area contributed by atoms with E-state index in [9.17, 15) is 4.79 Å². The van der Waals surface area contributed by atoms with E-state index < -0.39 is 5.60 Å².